The third-order valence-electron chi connectivity index (χ3n) is 4.56. The number of thiocarbonyl (C=S) groups is 1. The molecule has 0 atom stereocenters. The van der Waals surface area contributed by atoms with Gasteiger partial charge in [-0.05, 0) is 42.5 Å². The van der Waals surface area contributed by atoms with Crippen LogP contribution in [0.5, 0.6) is 5.75 Å². The molecule has 11 heteroatoms. The topological polar surface area (TPSA) is 107 Å². The summed E-state index contributed by atoms with van der Waals surface area (Å²) < 4.78 is 0.659. The average Bonchev–Trinajstić information content (AvgIpc) is 3.15. The van der Waals surface area contributed by atoms with Gasteiger partial charge in [-0.15, -0.1) is 0 Å². The van der Waals surface area contributed by atoms with E-state index in [-0.39, 0.29) is 26.1 Å². The van der Waals surface area contributed by atoms with Crippen LogP contribution < -0.4 is 10.3 Å². The van der Waals surface area contributed by atoms with Crippen LogP contribution in [0.2, 0.25) is 0 Å². The zero-order chi connectivity index (χ0) is 22.4. The Morgan fingerprint density at radius 3 is 2.52 bits per heavy atom. The molecule has 2 aromatic rings. The number of carbonyl (C=O) groups is 4. The number of nitrogens with one attached hydrogen (secondary N) is 1. The Morgan fingerprint density at radius 2 is 1.84 bits per heavy atom. The van der Waals surface area contributed by atoms with Crippen LogP contribution in [0.15, 0.2) is 51.8 Å². The van der Waals surface area contributed by atoms with Gasteiger partial charge in [0.2, 0.25) is 5.91 Å². The molecule has 4 amide bonds. The fourth-order valence-electron chi connectivity index (χ4n) is 3.21. The molecule has 31 heavy (non-hydrogen) atoms. The van der Waals surface area contributed by atoms with Gasteiger partial charge in [-0.2, -0.15) is 5.01 Å². The van der Waals surface area contributed by atoms with Crippen LogP contribution in [0, 0.1) is 0 Å². The van der Waals surface area contributed by atoms with Gasteiger partial charge in [0.15, 0.2) is 4.32 Å². The van der Waals surface area contributed by atoms with Crippen molar-refractivity contribution < 1.29 is 24.3 Å². The number of halogens is 1. The van der Waals surface area contributed by atoms with Gasteiger partial charge in [-0.3, -0.25) is 24.6 Å². The lowest BCUT2D eigenvalue weighted by Gasteiger charge is -2.16. The molecule has 0 unspecified atom stereocenters. The van der Waals surface area contributed by atoms with Gasteiger partial charge in [-0.1, -0.05) is 39.8 Å². The van der Waals surface area contributed by atoms with Gasteiger partial charge in [0.05, 0.1) is 21.7 Å². The maximum atomic E-state index is 13.1. The quantitative estimate of drug-likeness (QED) is 0.465. The summed E-state index contributed by atoms with van der Waals surface area (Å²) in [7, 11) is 0. The molecule has 156 valence electrons. The van der Waals surface area contributed by atoms with Crippen molar-refractivity contribution in [1.29, 1.82) is 0 Å². The molecule has 0 radical (unpaired) electrons. The van der Waals surface area contributed by atoms with Gasteiger partial charge in [0, 0.05) is 17.0 Å². The molecule has 0 aromatic heterocycles. The maximum absolute atomic E-state index is 13.1. The highest BCUT2D eigenvalue weighted by atomic mass is 79.9. The zero-order valence-electron chi connectivity index (χ0n) is 15.7. The molecular formula is C20H12BrN3O5S2. The first-order chi connectivity index (χ1) is 14.7. The molecule has 2 N–H and O–H groups in total. The van der Waals surface area contributed by atoms with E-state index in [2.05, 4.69) is 21.4 Å². The van der Waals surface area contributed by atoms with Crippen LogP contribution >= 0.6 is 39.9 Å². The number of fused-ring (bicyclic) bond motifs is 1. The maximum Gasteiger partial charge on any atom is 0.286 e. The van der Waals surface area contributed by atoms with Crippen molar-refractivity contribution in [2.24, 2.45) is 0 Å². The second-order valence-electron chi connectivity index (χ2n) is 6.49. The largest absolute Gasteiger partial charge is 0.507 e. The summed E-state index contributed by atoms with van der Waals surface area (Å²) in [5, 5.41) is 10.7. The summed E-state index contributed by atoms with van der Waals surface area (Å²) in [6.07, 6.45) is 0. The second kappa shape index (κ2) is 7.91. The van der Waals surface area contributed by atoms with E-state index in [1.54, 1.807) is 30.3 Å². The van der Waals surface area contributed by atoms with Crippen molar-refractivity contribution in [3.8, 4) is 5.75 Å². The fraction of sp³-hybridized carbons (Fsp3) is 0.0500. The predicted molar refractivity (Wildman–Crippen MR) is 122 cm³/mol. The number of nitrogens with zero attached hydrogens (tertiary/aromatic N) is 2. The molecule has 0 saturated carbocycles. The Labute approximate surface area is 194 Å². The minimum atomic E-state index is -0.744. The lowest BCUT2D eigenvalue weighted by Crippen LogP contribution is -2.45. The van der Waals surface area contributed by atoms with Crippen LogP contribution in [-0.4, -0.2) is 38.1 Å². The Kier molecular flexibility index (Phi) is 5.42. The number of phenolic OH excluding ortho intramolecular Hbond substituents is 1. The van der Waals surface area contributed by atoms with E-state index in [0.29, 0.717) is 15.7 Å². The predicted octanol–water partition coefficient (Wildman–Crippen LogP) is 2.96. The number of para-hydroxylation sites is 1. The van der Waals surface area contributed by atoms with Crippen molar-refractivity contribution >= 4 is 79.1 Å². The van der Waals surface area contributed by atoms with Gasteiger partial charge in [0.1, 0.15) is 5.75 Å². The fourth-order valence-corrected chi connectivity index (χ4v) is 4.83. The molecule has 1 saturated heterocycles. The number of thioether (sulfide) groups is 1. The van der Waals surface area contributed by atoms with Crippen molar-refractivity contribution in [1.82, 2.24) is 10.4 Å². The minimum Gasteiger partial charge on any atom is -0.507 e. The number of rotatable bonds is 2. The van der Waals surface area contributed by atoms with Gasteiger partial charge >= 0.3 is 0 Å². The van der Waals surface area contributed by atoms with E-state index in [9.17, 15) is 24.3 Å². The van der Waals surface area contributed by atoms with Gasteiger partial charge in [0.25, 0.3) is 17.7 Å². The zero-order valence-corrected chi connectivity index (χ0v) is 18.9. The smallest absolute Gasteiger partial charge is 0.286 e. The Hall–Kier alpha value is -3.02. The summed E-state index contributed by atoms with van der Waals surface area (Å²) >= 11 is 9.41. The standard InChI is InChI=1S/C20H12BrN3O5S2/c1-9(25)23-13-7-6-10(21)8-12(13)15(18(23)28)16-19(29)24(20(30)31-16)22-17(27)11-4-2-3-5-14(11)26/h2-8,26H,1H3,(H,22,27). The number of anilines is 1. The van der Waals surface area contributed by atoms with E-state index in [1.807, 2.05) is 0 Å². The lowest BCUT2D eigenvalue weighted by molar-refractivity contribution is -0.125. The minimum absolute atomic E-state index is 0.00175. The van der Waals surface area contributed by atoms with Crippen molar-refractivity contribution in [2.45, 2.75) is 6.92 Å². The Balaban J connectivity index is 1.74. The molecule has 0 spiro atoms. The van der Waals surface area contributed by atoms with Crippen molar-refractivity contribution in [2.75, 3.05) is 4.90 Å². The average molecular weight is 518 g/mol. The van der Waals surface area contributed by atoms with Crippen LogP contribution in [0.3, 0.4) is 0 Å². The number of benzene rings is 2. The van der Waals surface area contributed by atoms with Crippen LogP contribution in [0.25, 0.3) is 5.57 Å². The first-order valence-corrected chi connectivity index (χ1v) is 10.8. The van der Waals surface area contributed by atoms with E-state index in [4.69, 9.17) is 12.2 Å². The van der Waals surface area contributed by atoms with Crippen molar-refractivity contribution in [3.05, 3.63) is 63.0 Å². The highest BCUT2D eigenvalue weighted by Gasteiger charge is 2.44. The molecule has 0 bridgehead atoms. The van der Waals surface area contributed by atoms with Gasteiger partial charge in [-0.25, -0.2) is 4.90 Å². The number of amides is 4. The molecule has 0 aliphatic carbocycles. The number of phenols is 1. The molecule has 4 rings (SSSR count). The Bertz CT molecular complexity index is 1240. The number of imide groups is 1. The molecular weight excluding hydrogens is 506 g/mol. The number of hydrogen-bond acceptors (Lipinski definition) is 7. The number of aromatic hydroxyl groups is 1. The molecule has 2 aliphatic rings. The highest BCUT2D eigenvalue weighted by molar-refractivity contribution is 9.10. The van der Waals surface area contributed by atoms with E-state index < -0.39 is 23.6 Å². The molecule has 2 aliphatic heterocycles. The summed E-state index contributed by atoms with van der Waals surface area (Å²) in [5.74, 6) is -2.85. The molecule has 1 fully saturated rings. The van der Waals surface area contributed by atoms with Gasteiger partial charge < -0.3 is 5.11 Å². The summed E-state index contributed by atoms with van der Waals surface area (Å²) in [6, 6.07) is 10.8. The first kappa shape index (κ1) is 21.2. The molecule has 2 heterocycles. The first-order valence-electron chi connectivity index (χ1n) is 8.75. The third-order valence-corrected chi connectivity index (χ3v) is 6.42. The Morgan fingerprint density at radius 1 is 1.13 bits per heavy atom. The monoisotopic (exact) mass is 517 g/mol. The number of carbonyl (C=O) groups excluding carboxylic acids is 4. The lowest BCUT2D eigenvalue weighted by atomic mass is 10.1. The van der Waals surface area contributed by atoms with E-state index >= 15 is 0 Å². The molecule has 2 aromatic carbocycles. The summed E-state index contributed by atoms with van der Waals surface area (Å²) in [4.78, 5) is 51.7. The number of hydrogen-bond donors (Lipinski definition) is 2. The number of hydrazine groups is 1. The van der Waals surface area contributed by atoms with Crippen LogP contribution in [0.4, 0.5) is 5.69 Å². The highest BCUT2D eigenvalue weighted by Crippen LogP contribution is 2.45. The SMILES string of the molecule is CC(=O)N1C(=O)C(=C2SC(=S)N(NC(=O)c3ccccc3O)C2=O)c2cc(Br)ccc21. The van der Waals surface area contributed by atoms with E-state index in [0.717, 1.165) is 21.7 Å². The summed E-state index contributed by atoms with van der Waals surface area (Å²) in [6.45, 7) is 1.25. The van der Waals surface area contributed by atoms with Crippen molar-refractivity contribution in [3.63, 3.8) is 0 Å². The third kappa shape index (κ3) is 3.54. The normalized spacial score (nSPS) is 17.9. The second-order valence-corrected chi connectivity index (χ2v) is 9.05. The van der Waals surface area contributed by atoms with Crippen LogP contribution in [0.1, 0.15) is 22.8 Å². The van der Waals surface area contributed by atoms with Crippen LogP contribution in [-0.2, 0) is 14.4 Å². The summed E-state index contributed by atoms with van der Waals surface area (Å²) in [5.41, 5.74) is 3.11. The van der Waals surface area contributed by atoms with E-state index in [1.165, 1.54) is 19.1 Å². The molecule has 8 nitrogen and oxygen atoms in total.